The summed E-state index contributed by atoms with van der Waals surface area (Å²) in [5.74, 6) is 0.917. The van der Waals surface area contributed by atoms with E-state index in [0.29, 0.717) is 18.2 Å². The van der Waals surface area contributed by atoms with E-state index in [2.05, 4.69) is 13.0 Å². The Kier molecular flexibility index (Phi) is 5.84. The average Bonchev–Trinajstić information content (AvgIpc) is 2.97. The van der Waals surface area contributed by atoms with Crippen LogP contribution >= 0.6 is 11.6 Å². The maximum Gasteiger partial charge on any atom is 0.244 e. The van der Waals surface area contributed by atoms with E-state index in [4.69, 9.17) is 16.3 Å². The van der Waals surface area contributed by atoms with Gasteiger partial charge >= 0.3 is 0 Å². The Hall–Kier alpha value is -2.04. The number of ether oxygens (including phenoxy) is 1. The molecule has 0 saturated heterocycles. The van der Waals surface area contributed by atoms with Crippen LogP contribution < -0.4 is 9.64 Å². The summed E-state index contributed by atoms with van der Waals surface area (Å²) < 4.78 is 5.74. The first kappa shape index (κ1) is 18.7. The van der Waals surface area contributed by atoms with Crippen molar-refractivity contribution < 1.29 is 9.53 Å². The summed E-state index contributed by atoms with van der Waals surface area (Å²) in [6.45, 7) is 5.24. The number of rotatable bonds is 6. The minimum atomic E-state index is -0.211. The molecule has 0 spiro atoms. The topological polar surface area (TPSA) is 32.8 Å². The Morgan fingerprint density at radius 2 is 1.96 bits per heavy atom. The summed E-state index contributed by atoms with van der Waals surface area (Å²) >= 11 is 5.88. The standard InChI is InChI=1S/C21H25ClN2O2/c1-15-14-17-6-4-5-7-20(17)24(15)21(25)16(2)23(3)12-13-26-19-10-8-18(22)9-11-19/h4-11,15-16H,12-14H2,1-3H3/t15-,16+/m1/s1. The van der Waals surface area contributed by atoms with Gasteiger partial charge in [0.05, 0.1) is 6.04 Å². The second kappa shape index (κ2) is 8.11. The monoisotopic (exact) mass is 372 g/mol. The number of carbonyl (C=O) groups is 1. The molecule has 2 aromatic carbocycles. The number of hydrogen-bond acceptors (Lipinski definition) is 3. The second-order valence-corrected chi connectivity index (χ2v) is 7.29. The van der Waals surface area contributed by atoms with E-state index >= 15 is 0 Å². The van der Waals surface area contributed by atoms with E-state index in [9.17, 15) is 4.79 Å². The molecule has 0 fully saturated rings. The van der Waals surface area contributed by atoms with Crippen LogP contribution in [0.4, 0.5) is 5.69 Å². The van der Waals surface area contributed by atoms with Crippen molar-refractivity contribution in [2.75, 3.05) is 25.1 Å². The molecule has 0 bridgehead atoms. The third-order valence-corrected chi connectivity index (χ3v) is 5.24. The summed E-state index contributed by atoms with van der Waals surface area (Å²) in [5, 5.41) is 0.689. The number of likely N-dealkylation sites (N-methyl/N-ethyl adjacent to an activating group) is 1. The van der Waals surface area contributed by atoms with E-state index in [-0.39, 0.29) is 18.0 Å². The van der Waals surface area contributed by atoms with Crippen LogP contribution in [0.5, 0.6) is 5.75 Å². The zero-order chi connectivity index (χ0) is 18.7. The van der Waals surface area contributed by atoms with Gasteiger partial charge in [0.1, 0.15) is 12.4 Å². The van der Waals surface area contributed by atoms with Crippen molar-refractivity contribution in [1.82, 2.24) is 4.90 Å². The number of para-hydroxylation sites is 1. The first-order valence-electron chi connectivity index (χ1n) is 8.97. The van der Waals surface area contributed by atoms with Gasteiger partial charge < -0.3 is 9.64 Å². The molecule has 0 unspecified atom stereocenters. The Bertz CT molecular complexity index is 763. The second-order valence-electron chi connectivity index (χ2n) is 6.85. The van der Waals surface area contributed by atoms with Crippen LogP contribution in [-0.2, 0) is 11.2 Å². The number of halogens is 1. The molecule has 138 valence electrons. The molecule has 0 radical (unpaired) electrons. The molecule has 4 nitrogen and oxygen atoms in total. The average molecular weight is 373 g/mol. The summed E-state index contributed by atoms with van der Waals surface area (Å²) in [6, 6.07) is 15.4. The SMILES string of the molecule is C[C@@H]1Cc2ccccc2N1C(=O)[C@H](C)N(C)CCOc1ccc(Cl)cc1. The fourth-order valence-electron chi connectivity index (χ4n) is 3.32. The smallest absolute Gasteiger partial charge is 0.244 e. The van der Waals surface area contributed by atoms with Crippen molar-refractivity contribution >= 4 is 23.2 Å². The number of fused-ring (bicyclic) bond motifs is 1. The largest absolute Gasteiger partial charge is 0.492 e. The third kappa shape index (κ3) is 4.02. The molecule has 5 heteroatoms. The van der Waals surface area contributed by atoms with E-state index in [1.165, 1.54) is 5.56 Å². The van der Waals surface area contributed by atoms with Crippen molar-refractivity contribution in [3.63, 3.8) is 0 Å². The summed E-state index contributed by atoms with van der Waals surface area (Å²) in [5.41, 5.74) is 2.29. The van der Waals surface area contributed by atoms with Gasteiger partial charge in [-0.3, -0.25) is 9.69 Å². The van der Waals surface area contributed by atoms with Gasteiger partial charge in [-0.05, 0) is 63.2 Å². The molecule has 1 aliphatic rings. The number of carbonyl (C=O) groups excluding carboxylic acids is 1. The van der Waals surface area contributed by atoms with Crippen molar-refractivity contribution in [2.45, 2.75) is 32.4 Å². The predicted octanol–water partition coefficient (Wildman–Crippen LogP) is 4.02. The highest BCUT2D eigenvalue weighted by Gasteiger charge is 2.34. The highest BCUT2D eigenvalue weighted by Crippen LogP contribution is 2.32. The molecule has 1 aliphatic heterocycles. The van der Waals surface area contributed by atoms with E-state index in [0.717, 1.165) is 17.9 Å². The van der Waals surface area contributed by atoms with Crippen molar-refractivity contribution in [3.05, 3.63) is 59.1 Å². The van der Waals surface area contributed by atoms with Gasteiger partial charge in [-0.1, -0.05) is 29.8 Å². The van der Waals surface area contributed by atoms with Gasteiger partial charge in [-0.2, -0.15) is 0 Å². The molecule has 3 rings (SSSR count). The fourth-order valence-corrected chi connectivity index (χ4v) is 3.45. The number of anilines is 1. The Labute approximate surface area is 160 Å². The quantitative estimate of drug-likeness (QED) is 0.767. The van der Waals surface area contributed by atoms with Crippen LogP contribution in [-0.4, -0.2) is 43.1 Å². The fraction of sp³-hybridized carbons (Fsp3) is 0.381. The lowest BCUT2D eigenvalue weighted by Gasteiger charge is -2.30. The zero-order valence-corrected chi connectivity index (χ0v) is 16.2. The van der Waals surface area contributed by atoms with Gasteiger partial charge in [0, 0.05) is 23.3 Å². The predicted molar refractivity (Wildman–Crippen MR) is 106 cm³/mol. The maximum atomic E-state index is 13.1. The number of amides is 1. The van der Waals surface area contributed by atoms with Crippen molar-refractivity contribution in [1.29, 1.82) is 0 Å². The molecule has 2 atom stereocenters. The molecule has 0 aromatic heterocycles. The number of nitrogens with zero attached hydrogens (tertiary/aromatic N) is 2. The highest BCUT2D eigenvalue weighted by atomic mass is 35.5. The van der Waals surface area contributed by atoms with Gasteiger partial charge in [-0.15, -0.1) is 0 Å². The third-order valence-electron chi connectivity index (χ3n) is 4.99. The van der Waals surface area contributed by atoms with Crippen LogP contribution in [0.25, 0.3) is 0 Å². The van der Waals surface area contributed by atoms with Gasteiger partial charge in [-0.25, -0.2) is 0 Å². The first-order valence-corrected chi connectivity index (χ1v) is 9.34. The lowest BCUT2D eigenvalue weighted by molar-refractivity contribution is -0.123. The number of benzene rings is 2. The Morgan fingerprint density at radius 1 is 1.27 bits per heavy atom. The first-order chi connectivity index (χ1) is 12.5. The minimum Gasteiger partial charge on any atom is -0.492 e. The molecular weight excluding hydrogens is 348 g/mol. The van der Waals surface area contributed by atoms with Gasteiger partial charge in [0.2, 0.25) is 5.91 Å². The van der Waals surface area contributed by atoms with E-state index in [1.807, 2.05) is 54.1 Å². The molecular formula is C21H25ClN2O2. The summed E-state index contributed by atoms with van der Waals surface area (Å²) in [6.07, 6.45) is 0.915. The maximum absolute atomic E-state index is 13.1. The number of hydrogen-bond donors (Lipinski definition) is 0. The van der Waals surface area contributed by atoms with Crippen LogP contribution in [0.1, 0.15) is 19.4 Å². The van der Waals surface area contributed by atoms with E-state index in [1.54, 1.807) is 12.1 Å². The van der Waals surface area contributed by atoms with E-state index < -0.39 is 0 Å². The molecule has 26 heavy (non-hydrogen) atoms. The lowest BCUT2D eigenvalue weighted by Crippen LogP contribution is -2.48. The van der Waals surface area contributed by atoms with Gasteiger partial charge in [0.15, 0.2) is 0 Å². The van der Waals surface area contributed by atoms with Crippen LogP contribution in [0.2, 0.25) is 5.02 Å². The Morgan fingerprint density at radius 3 is 2.69 bits per heavy atom. The van der Waals surface area contributed by atoms with Crippen LogP contribution in [0, 0.1) is 0 Å². The molecule has 0 N–H and O–H groups in total. The summed E-state index contributed by atoms with van der Waals surface area (Å²) in [4.78, 5) is 17.0. The highest BCUT2D eigenvalue weighted by molar-refractivity contribution is 6.30. The van der Waals surface area contributed by atoms with Gasteiger partial charge in [0.25, 0.3) is 0 Å². The van der Waals surface area contributed by atoms with Crippen molar-refractivity contribution in [3.8, 4) is 5.75 Å². The van der Waals surface area contributed by atoms with Crippen LogP contribution in [0.3, 0.4) is 0 Å². The minimum absolute atomic E-state index is 0.136. The molecule has 0 aliphatic carbocycles. The molecule has 2 aromatic rings. The lowest BCUT2D eigenvalue weighted by atomic mass is 10.1. The normalized spacial score (nSPS) is 17.3. The molecule has 1 heterocycles. The zero-order valence-electron chi connectivity index (χ0n) is 15.5. The Balaban J connectivity index is 1.57. The van der Waals surface area contributed by atoms with Crippen LogP contribution in [0.15, 0.2) is 48.5 Å². The summed E-state index contributed by atoms with van der Waals surface area (Å²) in [7, 11) is 1.96. The molecule has 0 saturated carbocycles. The molecule has 1 amide bonds. The van der Waals surface area contributed by atoms with Crippen molar-refractivity contribution in [2.24, 2.45) is 0 Å².